The topological polar surface area (TPSA) is 24.5 Å². The van der Waals surface area contributed by atoms with Gasteiger partial charge >= 0.3 is 0 Å². The van der Waals surface area contributed by atoms with Gasteiger partial charge in [0.25, 0.3) is 0 Å². The van der Waals surface area contributed by atoms with Crippen LogP contribution >= 0.6 is 0 Å². The van der Waals surface area contributed by atoms with Gasteiger partial charge in [-0.15, -0.1) is 0 Å². The van der Waals surface area contributed by atoms with Crippen LogP contribution in [0.25, 0.3) is 0 Å². The van der Waals surface area contributed by atoms with Crippen LogP contribution in [0.1, 0.15) is 40.0 Å². The normalized spacial score (nSPS) is 17.8. The molecule has 1 aliphatic rings. The van der Waals surface area contributed by atoms with Gasteiger partial charge in [-0.3, -0.25) is 0 Å². The van der Waals surface area contributed by atoms with Crippen molar-refractivity contribution in [3.63, 3.8) is 0 Å². The van der Waals surface area contributed by atoms with Crippen molar-refractivity contribution < 1.29 is 4.74 Å². The number of ether oxygens (including phenoxy) is 1. The summed E-state index contributed by atoms with van der Waals surface area (Å²) >= 11 is 0. The Labute approximate surface area is 106 Å². The first-order chi connectivity index (χ1) is 8.31. The Morgan fingerprint density at radius 1 is 1.35 bits per heavy atom. The number of rotatable bonds is 8. The molecule has 3 nitrogen and oxygen atoms in total. The molecule has 1 aliphatic heterocycles. The van der Waals surface area contributed by atoms with Crippen LogP contribution in [0.5, 0.6) is 0 Å². The minimum atomic E-state index is 0.404. The van der Waals surface area contributed by atoms with Crippen molar-refractivity contribution in [1.82, 2.24) is 10.2 Å². The number of nitrogens with zero attached hydrogens (tertiary/aromatic N) is 1. The van der Waals surface area contributed by atoms with E-state index < -0.39 is 0 Å². The van der Waals surface area contributed by atoms with Crippen molar-refractivity contribution in [1.29, 1.82) is 0 Å². The summed E-state index contributed by atoms with van der Waals surface area (Å²) in [6.07, 6.45) is 5.74. The third-order valence-electron chi connectivity index (χ3n) is 3.39. The van der Waals surface area contributed by atoms with Crippen LogP contribution in [0.15, 0.2) is 11.8 Å². The highest BCUT2D eigenvalue weighted by atomic mass is 16.5. The second-order valence-corrected chi connectivity index (χ2v) is 4.52. The Morgan fingerprint density at radius 2 is 2.12 bits per heavy atom. The average Bonchev–Trinajstić information content (AvgIpc) is 2.39. The highest BCUT2D eigenvalue weighted by molar-refractivity contribution is 5.05. The molecule has 1 unspecified atom stereocenters. The molecule has 17 heavy (non-hydrogen) atoms. The number of allylic oxidation sites excluding steroid dienone is 1. The molecule has 0 aromatic carbocycles. The van der Waals surface area contributed by atoms with Gasteiger partial charge in [-0.25, -0.2) is 0 Å². The van der Waals surface area contributed by atoms with Gasteiger partial charge < -0.3 is 15.0 Å². The number of hydrogen-bond donors (Lipinski definition) is 1. The highest BCUT2D eigenvalue weighted by Crippen LogP contribution is 2.16. The summed E-state index contributed by atoms with van der Waals surface area (Å²) < 4.78 is 5.77. The van der Waals surface area contributed by atoms with E-state index in [0.29, 0.717) is 6.04 Å². The van der Waals surface area contributed by atoms with E-state index in [1.807, 2.05) is 0 Å². The summed E-state index contributed by atoms with van der Waals surface area (Å²) in [6.45, 7) is 11.9. The average molecular weight is 240 g/mol. The Balaban J connectivity index is 2.44. The molecule has 0 aliphatic carbocycles. The molecule has 0 saturated carbocycles. The molecule has 0 aromatic rings. The lowest BCUT2D eigenvalue weighted by atomic mass is 10.1. The predicted molar refractivity (Wildman–Crippen MR) is 73.1 cm³/mol. The molecule has 1 heterocycles. The minimum Gasteiger partial charge on any atom is -0.497 e. The Kier molecular flexibility index (Phi) is 7.29. The Morgan fingerprint density at radius 3 is 2.65 bits per heavy atom. The van der Waals surface area contributed by atoms with E-state index in [1.165, 1.54) is 18.6 Å². The van der Waals surface area contributed by atoms with E-state index in [2.05, 4.69) is 37.1 Å². The third-order valence-corrected chi connectivity index (χ3v) is 3.39. The summed E-state index contributed by atoms with van der Waals surface area (Å²) in [5.74, 6) is 1.17. The maximum absolute atomic E-state index is 5.77. The Hall–Kier alpha value is -0.540. The zero-order chi connectivity index (χ0) is 12.5. The van der Waals surface area contributed by atoms with Gasteiger partial charge in [0.1, 0.15) is 5.76 Å². The van der Waals surface area contributed by atoms with Crippen molar-refractivity contribution in [2.75, 3.05) is 32.8 Å². The van der Waals surface area contributed by atoms with E-state index in [-0.39, 0.29) is 0 Å². The fraction of sp³-hybridized carbons (Fsp3) is 0.857. The first-order valence-electron chi connectivity index (χ1n) is 7.10. The standard InChI is InChI=1S/C14H28N2O/c1-4-15-13(10-11-16(5-2)6-3)14-9-7-8-12-17-14/h9,13,15H,4-8,10-12H2,1-3H3. The third kappa shape index (κ3) is 5.09. The zero-order valence-electron chi connectivity index (χ0n) is 11.7. The van der Waals surface area contributed by atoms with Crippen LogP contribution in [0, 0.1) is 0 Å². The molecule has 3 heteroatoms. The smallest absolute Gasteiger partial charge is 0.109 e. The number of likely N-dealkylation sites (N-methyl/N-ethyl adjacent to an activating group) is 1. The molecular weight excluding hydrogens is 212 g/mol. The van der Waals surface area contributed by atoms with Crippen LogP contribution in [0.4, 0.5) is 0 Å². The van der Waals surface area contributed by atoms with Gasteiger partial charge in [0.2, 0.25) is 0 Å². The molecule has 0 saturated heterocycles. The molecule has 1 rings (SSSR count). The molecule has 1 N–H and O–H groups in total. The summed E-state index contributed by atoms with van der Waals surface area (Å²) in [5.41, 5.74) is 0. The highest BCUT2D eigenvalue weighted by Gasteiger charge is 2.17. The van der Waals surface area contributed by atoms with E-state index in [0.717, 1.165) is 39.2 Å². The van der Waals surface area contributed by atoms with Gasteiger partial charge in [-0.05, 0) is 45.0 Å². The number of nitrogens with one attached hydrogen (secondary N) is 1. The van der Waals surface area contributed by atoms with Crippen LogP contribution in [0.3, 0.4) is 0 Å². The van der Waals surface area contributed by atoms with E-state index in [1.54, 1.807) is 0 Å². The van der Waals surface area contributed by atoms with E-state index >= 15 is 0 Å². The van der Waals surface area contributed by atoms with Crippen LogP contribution in [-0.4, -0.2) is 43.7 Å². The van der Waals surface area contributed by atoms with Crippen LogP contribution in [0.2, 0.25) is 0 Å². The monoisotopic (exact) mass is 240 g/mol. The van der Waals surface area contributed by atoms with Crippen molar-refractivity contribution in [3.05, 3.63) is 11.8 Å². The number of hydrogen-bond acceptors (Lipinski definition) is 3. The van der Waals surface area contributed by atoms with Gasteiger partial charge in [0.05, 0.1) is 12.6 Å². The maximum atomic E-state index is 5.77. The molecule has 0 fully saturated rings. The lowest BCUT2D eigenvalue weighted by Crippen LogP contribution is -2.37. The predicted octanol–water partition coefficient (Wildman–Crippen LogP) is 2.39. The minimum absolute atomic E-state index is 0.404. The van der Waals surface area contributed by atoms with Gasteiger partial charge in [-0.1, -0.05) is 20.8 Å². The van der Waals surface area contributed by atoms with Crippen molar-refractivity contribution in [3.8, 4) is 0 Å². The van der Waals surface area contributed by atoms with E-state index in [9.17, 15) is 0 Å². The van der Waals surface area contributed by atoms with Crippen molar-refractivity contribution in [2.45, 2.75) is 46.1 Å². The molecule has 1 atom stereocenters. The molecule has 0 aromatic heterocycles. The quantitative estimate of drug-likeness (QED) is 0.705. The summed E-state index contributed by atoms with van der Waals surface area (Å²) in [4.78, 5) is 2.47. The largest absolute Gasteiger partial charge is 0.497 e. The second kappa shape index (κ2) is 8.54. The molecule has 0 bridgehead atoms. The summed E-state index contributed by atoms with van der Waals surface area (Å²) in [7, 11) is 0. The lowest BCUT2D eigenvalue weighted by Gasteiger charge is -2.27. The fourth-order valence-electron chi connectivity index (χ4n) is 2.26. The molecule has 0 spiro atoms. The molecule has 0 amide bonds. The van der Waals surface area contributed by atoms with Gasteiger partial charge in [0, 0.05) is 6.54 Å². The summed E-state index contributed by atoms with van der Waals surface area (Å²) in [5, 5.41) is 3.54. The Bertz CT molecular complexity index is 224. The molecular formula is C14H28N2O. The lowest BCUT2D eigenvalue weighted by molar-refractivity contribution is 0.160. The first kappa shape index (κ1) is 14.5. The molecule has 100 valence electrons. The SMILES string of the molecule is CCNC(CCN(CC)CC)C1=CCCCO1. The van der Waals surface area contributed by atoms with Gasteiger partial charge in [0.15, 0.2) is 0 Å². The van der Waals surface area contributed by atoms with Gasteiger partial charge in [-0.2, -0.15) is 0 Å². The maximum Gasteiger partial charge on any atom is 0.109 e. The summed E-state index contributed by atoms with van der Waals surface area (Å²) in [6, 6.07) is 0.404. The molecule has 0 radical (unpaired) electrons. The van der Waals surface area contributed by atoms with Crippen molar-refractivity contribution in [2.24, 2.45) is 0 Å². The fourth-order valence-corrected chi connectivity index (χ4v) is 2.26. The van der Waals surface area contributed by atoms with Crippen molar-refractivity contribution >= 4 is 0 Å². The van der Waals surface area contributed by atoms with Crippen LogP contribution < -0.4 is 5.32 Å². The van der Waals surface area contributed by atoms with E-state index in [4.69, 9.17) is 4.74 Å². The second-order valence-electron chi connectivity index (χ2n) is 4.52. The zero-order valence-corrected chi connectivity index (χ0v) is 11.7. The first-order valence-corrected chi connectivity index (χ1v) is 7.10. The van der Waals surface area contributed by atoms with Crippen LogP contribution in [-0.2, 0) is 4.74 Å².